The molecular formula is C10H17NS. The highest BCUT2D eigenvalue weighted by atomic mass is 32.1. The van der Waals surface area contributed by atoms with Gasteiger partial charge in [-0.3, -0.25) is 0 Å². The van der Waals surface area contributed by atoms with Crippen molar-refractivity contribution >= 4 is 11.3 Å². The van der Waals surface area contributed by atoms with Crippen LogP contribution < -0.4 is 5.32 Å². The Morgan fingerprint density at radius 2 is 2.00 bits per heavy atom. The van der Waals surface area contributed by atoms with Crippen molar-refractivity contribution in [2.24, 2.45) is 5.92 Å². The van der Waals surface area contributed by atoms with E-state index in [1.54, 1.807) is 0 Å². The van der Waals surface area contributed by atoms with Gasteiger partial charge < -0.3 is 5.32 Å². The number of thiophene rings is 1. The third-order valence-corrected chi connectivity index (χ3v) is 2.67. The van der Waals surface area contributed by atoms with Gasteiger partial charge in [-0.15, -0.1) is 0 Å². The van der Waals surface area contributed by atoms with E-state index in [4.69, 9.17) is 0 Å². The molecule has 0 spiro atoms. The lowest BCUT2D eigenvalue weighted by Gasteiger charge is -2.05. The molecule has 0 amide bonds. The lowest BCUT2D eigenvalue weighted by Crippen LogP contribution is -2.07. The molecule has 0 aromatic carbocycles. The molecule has 0 aliphatic heterocycles. The van der Waals surface area contributed by atoms with Crippen molar-refractivity contribution in [1.29, 1.82) is 0 Å². The number of hydrogen-bond donors (Lipinski definition) is 1. The van der Waals surface area contributed by atoms with Crippen LogP contribution >= 0.6 is 11.3 Å². The standard InChI is InChI=1S/C10H17NS/c1-8(2)4-9-6-12-7-10(9)5-11-3/h6-8,11H,4-5H2,1-3H3. The topological polar surface area (TPSA) is 12.0 Å². The highest BCUT2D eigenvalue weighted by molar-refractivity contribution is 7.08. The molecule has 0 unspecified atom stereocenters. The van der Waals surface area contributed by atoms with E-state index < -0.39 is 0 Å². The smallest absolute Gasteiger partial charge is 0.0213 e. The first-order valence-electron chi connectivity index (χ1n) is 4.42. The maximum atomic E-state index is 3.19. The minimum absolute atomic E-state index is 0.759. The molecule has 0 fully saturated rings. The second-order valence-corrected chi connectivity index (χ2v) is 4.29. The van der Waals surface area contributed by atoms with Crippen LogP contribution in [-0.4, -0.2) is 7.05 Å². The van der Waals surface area contributed by atoms with Crippen molar-refractivity contribution in [2.45, 2.75) is 26.8 Å². The summed E-state index contributed by atoms with van der Waals surface area (Å²) in [5.41, 5.74) is 2.99. The zero-order valence-corrected chi connectivity index (χ0v) is 8.87. The van der Waals surface area contributed by atoms with Crippen molar-refractivity contribution in [1.82, 2.24) is 5.32 Å². The molecule has 0 radical (unpaired) electrons. The van der Waals surface area contributed by atoms with E-state index in [1.807, 2.05) is 18.4 Å². The van der Waals surface area contributed by atoms with Crippen LogP contribution in [0.4, 0.5) is 0 Å². The van der Waals surface area contributed by atoms with Crippen LogP contribution in [0.3, 0.4) is 0 Å². The van der Waals surface area contributed by atoms with Gasteiger partial charge in [0.1, 0.15) is 0 Å². The summed E-state index contributed by atoms with van der Waals surface area (Å²) in [6.07, 6.45) is 1.21. The number of hydrogen-bond acceptors (Lipinski definition) is 2. The first-order chi connectivity index (χ1) is 5.74. The number of nitrogens with one attached hydrogen (secondary N) is 1. The molecule has 1 nitrogen and oxygen atoms in total. The summed E-state index contributed by atoms with van der Waals surface area (Å²) >= 11 is 1.81. The predicted molar refractivity (Wildman–Crippen MR) is 55.6 cm³/mol. The summed E-state index contributed by atoms with van der Waals surface area (Å²) in [5, 5.41) is 7.71. The molecule has 1 aromatic rings. The molecule has 0 saturated carbocycles. The Kier molecular flexibility index (Phi) is 3.76. The van der Waals surface area contributed by atoms with Crippen LogP contribution in [0, 0.1) is 5.92 Å². The van der Waals surface area contributed by atoms with Crippen LogP contribution in [0.1, 0.15) is 25.0 Å². The highest BCUT2D eigenvalue weighted by Gasteiger charge is 2.04. The summed E-state index contributed by atoms with van der Waals surface area (Å²) in [7, 11) is 2.00. The van der Waals surface area contributed by atoms with Crippen molar-refractivity contribution in [2.75, 3.05) is 7.05 Å². The minimum atomic E-state index is 0.759. The van der Waals surface area contributed by atoms with Crippen molar-refractivity contribution in [3.63, 3.8) is 0 Å². The van der Waals surface area contributed by atoms with Gasteiger partial charge >= 0.3 is 0 Å². The van der Waals surface area contributed by atoms with Crippen LogP contribution in [-0.2, 0) is 13.0 Å². The molecule has 2 heteroatoms. The van der Waals surface area contributed by atoms with Crippen molar-refractivity contribution < 1.29 is 0 Å². The predicted octanol–water partition coefficient (Wildman–Crippen LogP) is 2.67. The van der Waals surface area contributed by atoms with E-state index in [1.165, 1.54) is 17.5 Å². The zero-order valence-electron chi connectivity index (χ0n) is 8.05. The van der Waals surface area contributed by atoms with Gasteiger partial charge in [-0.2, -0.15) is 11.3 Å². The third kappa shape index (κ3) is 2.61. The largest absolute Gasteiger partial charge is 0.316 e. The molecule has 1 rings (SSSR count). The van der Waals surface area contributed by atoms with E-state index in [9.17, 15) is 0 Å². The Hall–Kier alpha value is -0.340. The first-order valence-corrected chi connectivity index (χ1v) is 5.37. The molecule has 12 heavy (non-hydrogen) atoms. The fourth-order valence-corrected chi connectivity index (χ4v) is 2.19. The SMILES string of the molecule is CNCc1cscc1CC(C)C. The van der Waals surface area contributed by atoms with Crippen LogP contribution in [0.25, 0.3) is 0 Å². The van der Waals surface area contributed by atoms with E-state index in [0.29, 0.717) is 0 Å². The first kappa shape index (κ1) is 9.75. The molecule has 0 aliphatic rings. The lowest BCUT2D eigenvalue weighted by molar-refractivity contribution is 0.641. The van der Waals surface area contributed by atoms with Gasteiger partial charge in [-0.05, 0) is 41.3 Å². The fraction of sp³-hybridized carbons (Fsp3) is 0.600. The van der Waals surface area contributed by atoms with E-state index in [2.05, 4.69) is 29.9 Å². The van der Waals surface area contributed by atoms with Gasteiger partial charge in [0.2, 0.25) is 0 Å². The van der Waals surface area contributed by atoms with Crippen LogP contribution in [0.2, 0.25) is 0 Å². The Balaban J connectivity index is 2.63. The molecule has 0 bridgehead atoms. The molecule has 1 heterocycles. The maximum Gasteiger partial charge on any atom is 0.0213 e. The molecule has 1 aromatic heterocycles. The third-order valence-electron chi connectivity index (χ3n) is 1.83. The monoisotopic (exact) mass is 183 g/mol. The Morgan fingerprint density at radius 3 is 2.58 bits per heavy atom. The van der Waals surface area contributed by atoms with E-state index in [0.717, 1.165) is 12.5 Å². The van der Waals surface area contributed by atoms with Crippen LogP contribution in [0.5, 0.6) is 0 Å². The van der Waals surface area contributed by atoms with E-state index in [-0.39, 0.29) is 0 Å². The van der Waals surface area contributed by atoms with Gasteiger partial charge in [0.05, 0.1) is 0 Å². The fourth-order valence-electron chi connectivity index (χ4n) is 1.31. The molecule has 0 aliphatic carbocycles. The molecule has 0 saturated heterocycles. The normalized spacial score (nSPS) is 11.0. The lowest BCUT2D eigenvalue weighted by atomic mass is 10.0. The zero-order chi connectivity index (χ0) is 8.97. The summed E-state index contributed by atoms with van der Waals surface area (Å²) in [6, 6.07) is 0. The van der Waals surface area contributed by atoms with Crippen molar-refractivity contribution in [3.8, 4) is 0 Å². The second-order valence-electron chi connectivity index (χ2n) is 3.55. The highest BCUT2D eigenvalue weighted by Crippen LogP contribution is 2.18. The second kappa shape index (κ2) is 4.63. The van der Waals surface area contributed by atoms with Crippen molar-refractivity contribution in [3.05, 3.63) is 21.9 Å². The van der Waals surface area contributed by atoms with Gasteiger partial charge in [0, 0.05) is 6.54 Å². The minimum Gasteiger partial charge on any atom is -0.316 e. The quantitative estimate of drug-likeness (QED) is 0.756. The summed E-state index contributed by atoms with van der Waals surface area (Å²) in [4.78, 5) is 0. The van der Waals surface area contributed by atoms with Crippen LogP contribution in [0.15, 0.2) is 10.8 Å². The molecular weight excluding hydrogens is 166 g/mol. The summed E-state index contributed by atoms with van der Waals surface area (Å²) in [5.74, 6) is 0.759. The molecule has 0 atom stereocenters. The van der Waals surface area contributed by atoms with E-state index >= 15 is 0 Å². The molecule has 68 valence electrons. The Bertz CT molecular complexity index is 227. The van der Waals surface area contributed by atoms with Gasteiger partial charge in [0.15, 0.2) is 0 Å². The average Bonchev–Trinajstić information content (AvgIpc) is 2.37. The van der Waals surface area contributed by atoms with Gasteiger partial charge in [-0.1, -0.05) is 13.8 Å². The Labute approximate surface area is 78.8 Å². The molecule has 1 N–H and O–H groups in total. The summed E-state index contributed by atoms with van der Waals surface area (Å²) < 4.78 is 0. The van der Waals surface area contributed by atoms with Gasteiger partial charge in [0.25, 0.3) is 0 Å². The number of rotatable bonds is 4. The Morgan fingerprint density at radius 1 is 1.33 bits per heavy atom. The average molecular weight is 183 g/mol. The summed E-state index contributed by atoms with van der Waals surface area (Å²) in [6.45, 7) is 5.53. The maximum absolute atomic E-state index is 3.19. The van der Waals surface area contributed by atoms with Gasteiger partial charge in [-0.25, -0.2) is 0 Å².